The first-order valence-corrected chi connectivity index (χ1v) is 14.1. The van der Waals surface area contributed by atoms with E-state index in [1.807, 2.05) is 104 Å². The van der Waals surface area contributed by atoms with Gasteiger partial charge >= 0.3 is 0 Å². The molecule has 1 aliphatic heterocycles. The lowest BCUT2D eigenvalue weighted by Crippen LogP contribution is -2.50. The third-order valence-corrected chi connectivity index (χ3v) is 9.62. The summed E-state index contributed by atoms with van der Waals surface area (Å²) in [5.41, 5.74) is 0.846. The Morgan fingerprint density at radius 3 is 1.78 bits per heavy atom. The Kier molecular flexibility index (Phi) is 5.87. The molecule has 1 saturated heterocycles. The molecule has 0 aliphatic carbocycles. The number of hydrogen-bond donors (Lipinski definition) is 1. The molecule has 0 amide bonds. The van der Waals surface area contributed by atoms with Crippen LogP contribution in [0.3, 0.4) is 0 Å². The molecule has 186 valence electrons. The summed E-state index contributed by atoms with van der Waals surface area (Å²) in [6.45, 7) is 2.30. The molecule has 6 rings (SSSR count). The molecular weight excluding hydrogens is 478 g/mol. The standard InChI is InChI=1S/C32H29NO3S/c1-23-12-18-30(19-13-23)37(35,36)33-20-6-11-31(33)32(34,28-16-14-24-7-2-4-9-26(24)21-28)29-17-15-25-8-3-5-10-27(25)22-29/h2-5,7-10,12-19,21-22,31,34H,6,11,20H2,1H3/t31-/m0/s1. The predicted molar refractivity (Wildman–Crippen MR) is 149 cm³/mol. The second-order valence-corrected chi connectivity index (χ2v) is 11.9. The quantitative estimate of drug-likeness (QED) is 0.300. The first kappa shape index (κ1) is 23.9. The fourth-order valence-electron chi connectivity index (χ4n) is 5.70. The second kappa shape index (κ2) is 9.10. The molecule has 5 aromatic carbocycles. The molecule has 0 saturated carbocycles. The van der Waals surface area contributed by atoms with Crippen LogP contribution in [0.5, 0.6) is 0 Å². The van der Waals surface area contributed by atoms with Crippen molar-refractivity contribution < 1.29 is 13.5 Å². The molecule has 5 aromatic rings. The van der Waals surface area contributed by atoms with E-state index >= 15 is 0 Å². The molecule has 4 nitrogen and oxygen atoms in total. The number of fused-ring (bicyclic) bond motifs is 2. The highest BCUT2D eigenvalue weighted by Gasteiger charge is 2.49. The van der Waals surface area contributed by atoms with Crippen LogP contribution in [0.2, 0.25) is 0 Å². The minimum absolute atomic E-state index is 0.254. The van der Waals surface area contributed by atoms with Crippen LogP contribution in [-0.4, -0.2) is 30.4 Å². The molecule has 1 heterocycles. The Balaban J connectivity index is 1.55. The van der Waals surface area contributed by atoms with E-state index in [4.69, 9.17) is 0 Å². The van der Waals surface area contributed by atoms with Crippen molar-refractivity contribution in [2.24, 2.45) is 0 Å². The molecule has 0 bridgehead atoms. The summed E-state index contributed by atoms with van der Waals surface area (Å²) in [4.78, 5) is 0.254. The molecule has 0 radical (unpaired) electrons. The molecule has 1 aliphatic rings. The summed E-state index contributed by atoms with van der Waals surface area (Å²) < 4.78 is 29.3. The maximum absolute atomic E-state index is 13.9. The van der Waals surface area contributed by atoms with Gasteiger partial charge in [-0.3, -0.25) is 0 Å². The van der Waals surface area contributed by atoms with Gasteiger partial charge in [-0.2, -0.15) is 4.31 Å². The summed E-state index contributed by atoms with van der Waals surface area (Å²) in [5.74, 6) is 0. The molecule has 5 heteroatoms. The van der Waals surface area contributed by atoms with Gasteiger partial charge in [-0.25, -0.2) is 8.42 Å². The summed E-state index contributed by atoms with van der Waals surface area (Å²) in [5, 5.41) is 16.9. The van der Waals surface area contributed by atoms with Crippen molar-refractivity contribution in [1.82, 2.24) is 4.31 Å². The minimum Gasteiger partial charge on any atom is -0.379 e. The normalized spacial score (nSPS) is 17.0. The van der Waals surface area contributed by atoms with Crippen molar-refractivity contribution in [2.45, 2.75) is 36.3 Å². The molecule has 0 spiro atoms. The average Bonchev–Trinajstić information content (AvgIpc) is 3.44. The van der Waals surface area contributed by atoms with Crippen LogP contribution in [0.4, 0.5) is 0 Å². The van der Waals surface area contributed by atoms with E-state index in [0.29, 0.717) is 30.5 Å². The minimum atomic E-state index is -3.82. The Morgan fingerprint density at radius 2 is 1.24 bits per heavy atom. The van der Waals surface area contributed by atoms with E-state index in [1.165, 1.54) is 4.31 Å². The number of rotatable bonds is 5. The van der Waals surface area contributed by atoms with Gasteiger partial charge in [-0.05, 0) is 76.7 Å². The lowest BCUT2D eigenvalue weighted by Gasteiger charge is -2.39. The molecule has 1 fully saturated rings. The van der Waals surface area contributed by atoms with Crippen LogP contribution in [0.15, 0.2) is 114 Å². The largest absolute Gasteiger partial charge is 0.379 e. The molecule has 0 aromatic heterocycles. The lowest BCUT2D eigenvalue weighted by molar-refractivity contribution is 0.0206. The van der Waals surface area contributed by atoms with E-state index in [1.54, 1.807) is 12.1 Å². The number of benzene rings is 5. The Bertz CT molecular complexity index is 1630. The molecular formula is C32H29NO3S. The highest BCUT2D eigenvalue weighted by molar-refractivity contribution is 7.89. The van der Waals surface area contributed by atoms with Gasteiger partial charge < -0.3 is 5.11 Å². The number of sulfonamides is 1. The van der Waals surface area contributed by atoms with Crippen molar-refractivity contribution in [1.29, 1.82) is 0 Å². The number of nitrogens with zero attached hydrogens (tertiary/aromatic N) is 1. The van der Waals surface area contributed by atoms with Gasteiger partial charge in [0.15, 0.2) is 0 Å². The van der Waals surface area contributed by atoms with Gasteiger partial charge in [0.05, 0.1) is 10.9 Å². The first-order valence-electron chi connectivity index (χ1n) is 12.7. The van der Waals surface area contributed by atoms with Gasteiger partial charge in [-0.15, -0.1) is 0 Å². The van der Waals surface area contributed by atoms with E-state index in [9.17, 15) is 13.5 Å². The Labute approximate surface area is 217 Å². The molecule has 37 heavy (non-hydrogen) atoms. The zero-order valence-corrected chi connectivity index (χ0v) is 21.5. The third kappa shape index (κ3) is 4.04. The van der Waals surface area contributed by atoms with Gasteiger partial charge in [0, 0.05) is 6.54 Å². The number of aliphatic hydroxyl groups is 1. The van der Waals surface area contributed by atoms with Crippen molar-refractivity contribution in [3.8, 4) is 0 Å². The van der Waals surface area contributed by atoms with Crippen molar-refractivity contribution in [3.63, 3.8) is 0 Å². The van der Waals surface area contributed by atoms with Crippen molar-refractivity contribution >= 4 is 31.6 Å². The van der Waals surface area contributed by atoms with Crippen LogP contribution < -0.4 is 0 Å². The highest BCUT2D eigenvalue weighted by atomic mass is 32.2. The van der Waals surface area contributed by atoms with Crippen LogP contribution in [0, 0.1) is 6.92 Å². The smallest absolute Gasteiger partial charge is 0.243 e. The van der Waals surface area contributed by atoms with E-state index < -0.39 is 21.7 Å². The fourth-order valence-corrected chi connectivity index (χ4v) is 7.41. The summed E-state index contributed by atoms with van der Waals surface area (Å²) in [6, 6.07) is 34.2. The Morgan fingerprint density at radius 1 is 0.730 bits per heavy atom. The SMILES string of the molecule is Cc1ccc(S(=O)(=O)N2CCC[C@H]2C(O)(c2ccc3ccccc3c2)c2ccc3ccccc3c2)cc1. The third-order valence-electron chi connectivity index (χ3n) is 7.69. The maximum Gasteiger partial charge on any atom is 0.243 e. The van der Waals surface area contributed by atoms with Crippen molar-refractivity contribution in [3.05, 3.63) is 126 Å². The predicted octanol–water partition coefficient (Wildman–Crippen LogP) is 6.39. The maximum atomic E-state index is 13.9. The van der Waals surface area contributed by atoms with Gasteiger partial charge in [0.1, 0.15) is 5.60 Å². The summed E-state index contributed by atoms with van der Waals surface area (Å²) in [6.07, 6.45) is 1.24. The van der Waals surface area contributed by atoms with Crippen LogP contribution in [0.25, 0.3) is 21.5 Å². The van der Waals surface area contributed by atoms with Gasteiger partial charge in [0.2, 0.25) is 10.0 Å². The van der Waals surface area contributed by atoms with E-state index in [2.05, 4.69) is 0 Å². The average molecular weight is 508 g/mol. The molecule has 1 N–H and O–H groups in total. The van der Waals surface area contributed by atoms with Crippen LogP contribution in [-0.2, 0) is 15.6 Å². The van der Waals surface area contributed by atoms with E-state index in [-0.39, 0.29) is 4.90 Å². The van der Waals surface area contributed by atoms with Crippen molar-refractivity contribution in [2.75, 3.05) is 6.54 Å². The first-order chi connectivity index (χ1) is 17.9. The molecule has 1 atom stereocenters. The van der Waals surface area contributed by atoms with Gasteiger partial charge in [-0.1, -0.05) is 90.5 Å². The molecule has 0 unspecified atom stereocenters. The van der Waals surface area contributed by atoms with E-state index in [0.717, 1.165) is 27.1 Å². The van der Waals surface area contributed by atoms with Crippen LogP contribution in [0.1, 0.15) is 29.5 Å². The van der Waals surface area contributed by atoms with Crippen LogP contribution >= 0.6 is 0 Å². The fraction of sp³-hybridized carbons (Fsp3) is 0.188. The highest BCUT2D eigenvalue weighted by Crippen LogP contribution is 2.44. The second-order valence-electron chi connectivity index (χ2n) is 9.98. The Hall–Kier alpha value is -3.51. The van der Waals surface area contributed by atoms with Gasteiger partial charge in [0.25, 0.3) is 0 Å². The summed E-state index contributed by atoms with van der Waals surface area (Å²) in [7, 11) is -3.82. The number of aryl methyl sites for hydroxylation is 1. The zero-order chi connectivity index (χ0) is 25.6. The monoisotopic (exact) mass is 507 g/mol. The zero-order valence-electron chi connectivity index (χ0n) is 20.7. The topological polar surface area (TPSA) is 57.6 Å². The number of hydrogen-bond acceptors (Lipinski definition) is 3. The lowest BCUT2D eigenvalue weighted by atomic mass is 9.78. The summed E-state index contributed by atoms with van der Waals surface area (Å²) >= 11 is 0.